The molecule has 15 nitrogen and oxygen atoms in total. The Morgan fingerprint density at radius 3 is 2.06 bits per heavy atom. The molecule has 0 bridgehead atoms. The van der Waals surface area contributed by atoms with Gasteiger partial charge in [-0.15, -0.1) is 0 Å². The van der Waals surface area contributed by atoms with Crippen molar-refractivity contribution in [1.82, 2.24) is 25.9 Å². The molecule has 4 unspecified atom stereocenters. The number of nitrogens with two attached hydrogens (primary N) is 2. The number of nitrogens with one attached hydrogen (secondary N) is 4. The molecule has 200 valence electrons. The maximum atomic E-state index is 12.9. The van der Waals surface area contributed by atoms with Crippen LogP contribution in [0, 0.1) is 5.92 Å². The van der Waals surface area contributed by atoms with Gasteiger partial charge in [-0.3, -0.25) is 24.0 Å². The smallest absolute Gasteiger partial charge is 0.326 e. The van der Waals surface area contributed by atoms with E-state index in [2.05, 4.69) is 25.9 Å². The quantitative estimate of drug-likeness (QED) is 0.117. The van der Waals surface area contributed by atoms with Gasteiger partial charge in [0.2, 0.25) is 23.6 Å². The number of amides is 4. The molecule has 0 aliphatic rings. The number of aliphatic carboxylic acids is 2. The number of aromatic nitrogens is 2. The SMILES string of the molecule is CC(C)CC(NC(=O)C(CC(N)=O)NC(=O)C(N)CCC(=O)O)C(=O)NC(Cc1cnc[nH]1)C(=O)O. The Hall–Kier alpha value is -4.01. The molecule has 0 fully saturated rings. The number of hydrogen-bond donors (Lipinski definition) is 8. The minimum absolute atomic E-state index is 0.0853. The summed E-state index contributed by atoms with van der Waals surface area (Å²) in [6.45, 7) is 3.55. The zero-order chi connectivity index (χ0) is 27.4. The van der Waals surface area contributed by atoms with Gasteiger partial charge in [0.15, 0.2) is 0 Å². The van der Waals surface area contributed by atoms with Gasteiger partial charge >= 0.3 is 11.9 Å². The van der Waals surface area contributed by atoms with Crippen molar-refractivity contribution in [1.29, 1.82) is 0 Å². The number of rotatable bonds is 16. The molecule has 36 heavy (non-hydrogen) atoms. The standard InChI is InChI=1S/C21H33N7O8/c1-10(2)5-13(19(33)28-15(21(35)36)6-11-8-24-9-25-11)27-20(34)14(7-16(23)29)26-18(32)12(22)3-4-17(30)31/h8-10,12-15H,3-7,22H2,1-2H3,(H2,23,29)(H,24,25)(H,26,32)(H,27,34)(H,28,33)(H,30,31)(H,35,36). The lowest BCUT2D eigenvalue weighted by Crippen LogP contribution is -2.58. The van der Waals surface area contributed by atoms with Crippen LogP contribution in [0.15, 0.2) is 12.5 Å². The Morgan fingerprint density at radius 1 is 0.972 bits per heavy atom. The van der Waals surface area contributed by atoms with Crippen LogP contribution in [0.3, 0.4) is 0 Å². The Labute approximate surface area is 206 Å². The molecule has 1 heterocycles. The zero-order valence-corrected chi connectivity index (χ0v) is 20.0. The van der Waals surface area contributed by atoms with Crippen molar-refractivity contribution in [3.05, 3.63) is 18.2 Å². The summed E-state index contributed by atoms with van der Waals surface area (Å²) < 4.78 is 0. The number of carboxylic acids is 2. The number of imidazole rings is 1. The van der Waals surface area contributed by atoms with Crippen LogP contribution in [0.1, 0.15) is 45.2 Å². The first-order valence-electron chi connectivity index (χ1n) is 11.2. The predicted molar refractivity (Wildman–Crippen MR) is 124 cm³/mol. The molecule has 1 rings (SSSR count). The van der Waals surface area contributed by atoms with Gasteiger partial charge in [-0.1, -0.05) is 13.8 Å². The lowest BCUT2D eigenvalue weighted by Gasteiger charge is -2.25. The Kier molecular flexibility index (Phi) is 12.0. The summed E-state index contributed by atoms with van der Waals surface area (Å²) in [5, 5.41) is 25.3. The summed E-state index contributed by atoms with van der Waals surface area (Å²) in [4.78, 5) is 78.5. The fourth-order valence-electron chi connectivity index (χ4n) is 3.16. The molecule has 10 N–H and O–H groups in total. The van der Waals surface area contributed by atoms with E-state index in [9.17, 15) is 33.9 Å². The van der Waals surface area contributed by atoms with E-state index in [0.717, 1.165) is 0 Å². The third kappa shape index (κ3) is 10.9. The van der Waals surface area contributed by atoms with Crippen LogP contribution in [-0.2, 0) is 35.2 Å². The summed E-state index contributed by atoms with van der Waals surface area (Å²) >= 11 is 0. The van der Waals surface area contributed by atoms with E-state index in [1.807, 2.05) is 0 Å². The second-order valence-electron chi connectivity index (χ2n) is 8.64. The number of primary amides is 1. The molecule has 0 aromatic carbocycles. The van der Waals surface area contributed by atoms with Crippen LogP contribution in [0.4, 0.5) is 0 Å². The van der Waals surface area contributed by atoms with Gasteiger partial charge in [0.05, 0.1) is 18.8 Å². The first-order valence-corrected chi connectivity index (χ1v) is 11.2. The minimum atomic E-state index is -1.49. The largest absolute Gasteiger partial charge is 0.481 e. The molecule has 15 heteroatoms. The Bertz CT molecular complexity index is 935. The van der Waals surface area contributed by atoms with Gasteiger partial charge in [-0.2, -0.15) is 0 Å². The second-order valence-corrected chi connectivity index (χ2v) is 8.64. The molecule has 1 aromatic heterocycles. The number of aromatic amines is 1. The zero-order valence-electron chi connectivity index (χ0n) is 20.0. The van der Waals surface area contributed by atoms with E-state index in [0.29, 0.717) is 5.69 Å². The molecule has 0 saturated carbocycles. The third-order valence-corrected chi connectivity index (χ3v) is 4.98. The number of carboxylic acid groups (broad SMARTS) is 2. The molecule has 4 atom stereocenters. The Balaban J connectivity index is 2.96. The number of hydrogen-bond acceptors (Lipinski definition) is 8. The number of H-pyrrole nitrogens is 1. The van der Waals surface area contributed by atoms with Crippen molar-refractivity contribution in [2.75, 3.05) is 0 Å². The molecule has 0 aliphatic carbocycles. The first kappa shape index (κ1) is 30.0. The van der Waals surface area contributed by atoms with Gasteiger partial charge in [0.1, 0.15) is 18.1 Å². The van der Waals surface area contributed by atoms with Crippen molar-refractivity contribution < 1.29 is 39.0 Å². The van der Waals surface area contributed by atoms with Crippen LogP contribution in [0.25, 0.3) is 0 Å². The van der Waals surface area contributed by atoms with Crippen molar-refractivity contribution >= 4 is 35.6 Å². The molecular formula is C21H33N7O8. The molecule has 0 spiro atoms. The van der Waals surface area contributed by atoms with Crippen LogP contribution in [0.5, 0.6) is 0 Å². The van der Waals surface area contributed by atoms with E-state index >= 15 is 0 Å². The van der Waals surface area contributed by atoms with Gasteiger partial charge in [-0.05, 0) is 18.8 Å². The minimum Gasteiger partial charge on any atom is -0.481 e. The topological polar surface area (TPSA) is 260 Å². The molecule has 0 saturated heterocycles. The van der Waals surface area contributed by atoms with Gasteiger partial charge in [0, 0.05) is 24.7 Å². The molecule has 0 radical (unpaired) electrons. The maximum Gasteiger partial charge on any atom is 0.326 e. The van der Waals surface area contributed by atoms with Crippen LogP contribution < -0.4 is 27.4 Å². The highest BCUT2D eigenvalue weighted by Gasteiger charge is 2.31. The first-order chi connectivity index (χ1) is 16.8. The van der Waals surface area contributed by atoms with E-state index in [1.165, 1.54) is 12.5 Å². The van der Waals surface area contributed by atoms with Gasteiger partial charge in [-0.25, -0.2) is 9.78 Å². The summed E-state index contributed by atoms with van der Waals surface area (Å²) in [6, 6.07) is -5.28. The van der Waals surface area contributed by atoms with E-state index < -0.39 is 66.2 Å². The summed E-state index contributed by atoms with van der Waals surface area (Å²) in [5.74, 6) is -6.09. The second kappa shape index (κ2) is 14.4. The van der Waals surface area contributed by atoms with E-state index in [1.54, 1.807) is 13.8 Å². The number of carbonyl (C=O) groups is 6. The summed E-state index contributed by atoms with van der Waals surface area (Å²) in [5.41, 5.74) is 11.3. The van der Waals surface area contributed by atoms with Gasteiger partial charge in [0.25, 0.3) is 0 Å². The van der Waals surface area contributed by atoms with E-state index in [-0.39, 0.29) is 31.6 Å². The summed E-state index contributed by atoms with van der Waals surface area (Å²) in [7, 11) is 0. The highest BCUT2D eigenvalue weighted by molar-refractivity contribution is 5.96. The lowest BCUT2D eigenvalue weighted by atomic mass is 10.0. The van der Waals surface area contributed by atoms with Crippen LogP contribution >= 0.6 is 0 Å². The number of nitrogens with zero attached hydrogens (tertiary/aromatic N) is 1. The molecular weight excluding hydrogens is 478 g/mol. The van der Waals surface area contributed by atoms with Crippen molar-refractivity contribution in [2.45, 2.75) is 70.1 Å². The average molecular weight is 512 g/mol. The van der Waals surface area contributed by atoms with Crippen LogP contribution in [0.2, 0.25) is 0 Å². The lowest BCUT2D eigenvalue weighted by molar-refractivity contribution is -0.142. The fraction of sp³-hybridized carbons (Fsp3) is 0.571. The van der Waals surface area contributed by atoms with E-state index in [4.69, 9.17) is 16.6 Å². The third-order valence-electron chi connectivity index (χ3n) is 4.98. The monoisotopic (exact) mass is 511 g/mol. The van der Waals surface area contributed by atoms with Crippen molar-refractivity contribution in [3.63, 3.8) is 0 Å². The summed E-state index contributed by atoms with van der Waals surface area (Å²) in [6.07, 6.45) is 1.59. The maximum absolute atomic E-state index is 12.9. The average Bonchev–Trinajstić information content (AvgIpc) is 3.28. The number of carbonyl (C=O) groups excluding carboxylic acids is 4. The van der Waals surface area contributed by atoms with Crippen molar-refractivity contribution in [3.8, 4) is 0 Å². The fourth-order valence-corrected chi connectivity index (χ4v) is 3.16. The normalized spacial score (nSPS) is 14.2. The highest BCUT2D eigenvalue weighted by atomic mass is 16.4. The molecule has 1 aromatic rings. The molecule has 4 amide bonds. The highest BCUT2D eigenvalue weighted by Crippen LogP contribution is 2.08. The van der Waals surface area contributed by atoms with Crippen molar-refractivity contribution in [2.24, 2.45) is 17.4 Å². The predicted octanol–water partition coefficient (Wildman–Crippen LogP) is -2.40. The Morgan fingerprint density at radius 2 is 1.56 bits per heavy atom. The molecule has 0 aliphatic heterocycles. The van der Waals surface area contributed by atoms with Crippen LogP contribution in [-0.4, -0.2) is 79.9 Å². The van der Waals surface area contributed by atoms with Gasteiger partial charge < -0.3 is 42.6 Å².